The molecule has 54 heavy (non-hydrogen) atoms. The SMILES string of the molecule is NC(N)=NCCC[C@H]1NC(=O)CNC(=O)[C@@H](CC(=O)O)CN[C@@H]2O[C@H](C1=O)[C@@H](OCc1ccccc1)[C@H](OCc1ccccc1)[C@H]2OCc1ccccc1. The molecular weight excluding hydrogens is 696 g/mol. The fourth-order valence-electron chi connectivity index (χ4n) is 6.36. The Bertz CT molecular complexity index is 1690. The molecule has 0 aliphatic carbocycles. The molecule has 2 fully saturated rings. The minimum Gasteiger partial charge on any atom is -0.481 e. The Hall–Kier alpha value is -5.19. The number of ketones is 1. The van der Waals surface area contributed by atoms with E-state index in [1.165, 1.54) is 0 Å². The number of nitrogens with two attached hydrogens (primary N) is 2. The van der Waals surface area contributed by atoms with Crippen LogP contribution in [0.3, 0.4) is 0 Å². The van der Waals surface area contributed by atoms with E-state index >= 15 is 0 Å². The number of ether oxygens (including phenoxy) is 4. The second-order valence-corrected chi connectivity index (χ2v) is 13.2. The van der Waals surface area contributed by atoms with Crippen molar-refractivity contribution >= 4 is 29.5 Å². The predicted octanol–water partition coefficient (Wildman–Crippen LogP) is 1.39. The normalized spacial score (nSPS) is 24.9. The Kier molecular flexibility index (Phi) is 15.1. The number of carboxylic acids is 1. The number of nitrogens with one attached hydrogen (secondary N) is 3. The van der Waals surface area contributed by atoms with Crippen LogP contribution in [0.4, 0.5) is 0 Å². The summed E-state index contributed by atoms with van der Waals surface area (Å²) in [6, 6.07) is 27.2. The van der Waals surface area contributed by atoms with Crippen LogP contribution in [-0.4, -0.2) is 91.0 Å². The number of amides is 2. The Morgan fingerprint density at radius 3 is 1.87 bits per heavy atom. The van der Waals surface area contributed by atoms with Crippen LogP contribution in [-0.2, 0) is 57.9 Å². The molecule has 5 rings (SSSR count). The molecular formula is C39H48N6O9. The predicted molar refractivity (Wildman–Crippen MR) is 197 cm³/mol. The molecule has 7 atom stereocenters. The Labute approximate surface area is 313 Å². The van der Waals surface area contributed by atoms with Crippen molar-refractivity contribution in [2.75, 3.05) is 19.6 Å². The van der Waals surface area contributed by atoms with E-state index in [4.69, 9.17) is 30.4 Å². The molecule has 3 aromatic carbocycles. The van der Waals surface area contributed by atoms with E-state index in [-0.39, 0.29) is 45.3 Å². The maximum absolute atomic E-state index is 14.7. The third-order valence-electron chi connectivity index (χ3n) is 9.08. The molecule has 15 nitrogen and oxygen atoms in total. The van der Waals surface area contributed by atoms with E-state index < -0.39 is 79.1 Å². The molecule has 3 aromatic rings. The molecule has 2 aliphatic heterocycles. The zero-order valence-electron chi connectivity index (χ0n) is 29.9. The highest BCUT2D eigenvalue weighted by Crippen LogP contribution is 2.31. The number of nitrogens with zero attached hydrogens (tertiary/aromatic N) is 1. The fourth-order valence-corrected chi connectivity index (χ4v) is 6.36. The van der Waals surface area contributed by atoms with E-state index in [0.29, 0.717) is 6.42 Å². The summed E-state index contributed by atoms with van der Waals surface area (Å²) in [6.45, 7) is -0.130. The van der Waals surface area contributed by atoms with Gasteiger partial charge in [-0.25, -0.2) is 0 Å². The highest BCUT2D eigenvalue weighted by molar-refractivity contribution is 5.94. The van der Waals surface area contributed by atoms with Gasteiger partial charge in [-0.3, -0.25) is 29.5 Å². The van der Waals surface area contributed by atoms with Crippen molar-refractivity contribution in [2.24, 2.45) is 22.4 Å². The summed E-state index contributed by atoms with van der Waals surface area (Å²) in [6.07, 6.45) is -5.44. The molecule has 8 N–H and O–H groups in total. The Morgan fingerprint density at radius 2 is 1.33 bits per heavy atom. The first-order valence-electron chi connectivity index (χ1n) is 17.9. The number of aliphatic carboxylic acids is 1. The minimum atomic E-state index is -1.32. The van der Waals surface area contributed by atoms with Gasteiger partial charge in [0.2, 0.25) is 11.8 Å². The highest BCUT2D eigenvalue weighted by atomic mass is 16.6. The summed E-state index contributed by atoms with van der Waals surface area (Å²) in [5, 5.41) is 18.1. The number of carbonyl (C=O) groups is 4. The Morgan fingerprint density at radius 1 is 0.796 bits per heavy atom. The van der Waals surface area contributed by atoms with Gasteiger partial charge < -0.3 is 46.2 Å². The molecule has 0 saturated carbocycles. The van der Waals surface area contributed by atoms with Crippen LogP contribution in [0.5, 0.6) is 0 Å². The fraction of sp³-hybridized carbons (Fsp3) is 0.410. The molecule has 0 unspecified atom stereocenters. The van der Waals surface area contributed by atoms with Crippen LogP contribution in [0.25, 0.3) is 0 Å². The monoisotopic (exact) mass is 744 g/mol. The molecule has 2 heterocycles. The minimum absolute atomic E-state index is 0.0912. The second-order valence-electron chi connectivity index (χ2n) is 13.2. The van der Waals surface area contributed by atoms with Crippen molar-refractivity contribution in [3.05, 3.63) is 108 Å². The lowest BCUT2D eigenvalue weighted by molar-refractivity contribution is -0.266. The summed E-state index contributed by atoms with van der Waals surface area (Å²) in [7, 11) is 0. The number of carbonyl (C=O) groups excluding carboxylic acids is 3. The van der Waals surface area contributed by atoms with Gasteiger partial charge in [-0.05, 0) is 29.5 Å². The zero-order valence-corrected chi connectivity index (χ0v) is 29.9. The van der Waals surface area contributed by atoms with Gasteiger partial charge >= 0.3 is 5.97 Å². The van der Waals surface area contributed by atoms with E-state index in [1.54, 1.807) is 0 Å². The molecule has 2 saturated heterocycles. The second kappa shape index (κ2) is 20.3. The van der Waals surface area contributed by atoms with Crippen molar-refractivity contribution in [3.8, 4) is 0 Å². The lowest BCUT2D eigenvalue weighted by Crippen LogP contribution is -2.67. The third kappa shape index (κ3) is 11.9. The largest absolute Gasteiger partial charge is 0.481 e. The van der Waals surface area contributed by atoms with E-state index in [1.807, 2.05) is 91.0 Å². The van der Waals surface area contributed by atoms with Gasteiger partial charge in [0.15, 0.2) is 11.7 Å². The van der Waals surface area contributed by atoms with Crippen molar-refractivity contribution in [1.82, 2.24) is 16.0 Å². The van der Waals surface area contributed by atoms with Gasteiger partial charge in [0.05, 0.1) is 44.7 Å². The van der Waals surface area contributed by atoms with Crippen LogP contribution in [0.15, 0.2) is 96.0 Å². The summed E-state index contributed by atoms with van der Waals surface area (Å²) in [5.74, 6) is -4.24. The van der Waals surface area contributed by atoms with Gasteiger partial charge in [0.25, 0.3) is 0 Å². The number of hydrogen-bond donors (Lipinski definition) is 6. The topological polar surface area (TPSA) is 226 Å². The van der Waals surface area contributed by atoms with Gasteiger partial charge in [-0.2, -0.15) is 0 Å². The van der Waals surface area contributed by atoms with Crippen molar-refractivity contribution in [1.29, 1.82) is 0 Å². The quantitative estimate of drug-likeness (QED) is 0.0738. The molecule has 15 heteroatoms. The average molecular weight is 745 g/mol. The van der Waals surface area contributed by atoms with Crippen molar-refractivity contribution in [2.45, 2.75) is 75.8 Å². The zero-order chi connectivity index (χ0) is 38.3. The molecule has 0 aromatic heterocycles. The molecule has 0 radical (unpaired) electrons. The number of hydrogen-bond acceptors (Lipinski definition) is 10. The number of benzene rings is 3. The lowest BCUT2D eigenvalue weighted by atomic mass is 9.90. The number of guanidine groups is 1. The Balaban J connectivity index is 1.57. The molecule has 288 valence electrons. The number of aliphatic imine (C=N–C) groups is 1. The van der Waals surface area contributed by atoms with E-state index in [0.717, 1.165) is 16.7 Å². The lowest BCUT2D eigenvalue weighted by Gasteiger charge is -2.46. The number of Topliss-reactive ketones (excluding diaryl/α,β-unsaturated/α-hetero) is 1. The van der Waals surface area contributed by atoms with E-state index in [2.05, 4.69) is 20.9 Å². The van der Waals surface area contributed by atoms with Crippen molar-refractivity contribution < 1.29 is 43.2 Å². The van der Waals surface area contributed by atoms with Crippen LogP contribution in [0.2, 0.25) is 0 Å². The summed E-state index contributed by atoms with van der Waals surface area (Å²) in [4.78, 5) is 57.1. The van der Waals surface area contributed by atoms with Gasteiger partial charge in [-0.1, -0.05) is 91.0 Å². The first kappa shape index (κ1) is 40.0. The number of fused-ring (bicyclic) bond motifs is 2. The molecule has 2 bridgehead atoms. The average Bonchev–Trinajstić information content (AvgIpc) is 3.18. The number of rotatable bonds is 15. The van der Waals surface area contributed by atoms with E-state index in [9.17, 15) is 24.3 Å². The summed E-state index contributed by atoms with van der Waals surface area (Å²) in [5.41, 5.74) is 13.6. The van der Waals surface area contributed by atoms with Crippen LogP contribution in [0.1, 0.15) is 36.0 Å². The first-order valence-corrected chi connectivity index (χ1v) is 17.9. The van der Waals surface area contributed by atoms with Crippen LogP contribution in [0, 0.1) is 5.92 Å². The maximum atomic E-state index is 14.7. The van der Waals surface area contributed by atoms with Crippen molar-refractivity contribution in [3.63, 3.8) is 0 Å². The molecule has 0 spiro atoms. The first-order chi connectivity index (χ1) is 26.2. The van der Waals surface area contributed by atoms with Gasteiger partial charge in [0.1, 0.15) is 30.6 Å². The maximum Gasteiger partial charge on any atom is 0.304 e. The number of carboxylic acid groups (broad SMARTS) is 1. The smallest absolute Gasteiger partial charge is 0.304 e. The van der Waals surface area contributed by atoms with Crippen LogP contribution < -0.4 is 27.4 Å². The highest BCUT2D eigenvalue weighted by Gasteiger charge is 2.52. The summed E-state index contributed by atoms with van der Waals surface area (Å²) < 4.78 is 26.4. The third-order valence-corrected chi connectivity index (χ3v) is 9.08. The molecule has 2 amide bonds. The molecule has 2 aliphatic rings. The summed E-state index contributed by atoms with van der Waals surface area (Å²) >= 11 is 0. The standard InChI is InChI=1S/C39H48N6O9/c40-39(41)42-18-10-17-29-32(49)33-34(51-22-25-11-4-1-5-12-25)35(52-23-26-13-6-2-7-14-26)36(53-24-27-15-8-3-9-16-27)38(54-33)44-20-28(19-31(47)48)37(50)43-21-30(46)45-29/h1-9,11-16,28-29,33-36,38,44H,10,17-24H2,(H,43,50)(H,45,46)(H,47,48)(H4,40,41,42)/t28-,29+,33+,34+,35-,36+,38+/m0/s1. The van der Waals surface area contributed by atoms with Crippen LogP contribution >= 0.6 is 0 Å². The van der Waals surface area contributed by atoms with Gasteiger partial charge in [0, 0.05) is 13.1 Å². The van der Waals surface area contributed by atoms with Gasteiger partial charge in [-0.15, -0.1) is 0 Å².